The lowest BCUT2D eigenvalue weighted by molar-refractivity contribution is -0.114. The Morgan fingerprint density at radius 1 is 0.345 bits per heavy atom. The number of fused-ring (bicyclic) bond motifs is 4. The summed E-state index contributed by atoms with van der Waals surface area (Å²) in [6, 6.07) is 70.7. The number of aromatic amines is 4. The zero-order valence-corrected chi connectivity index (χ0v) is 90.9. The van der Waals surface area contributed by atoms with Gasteiger partial charge in [0.1, 0.15) is 139 Å². The Kier molecular flexibility index (Phi) is 39.6. The molecule has 9 N–H and O–H groups in total. The average molecular weight is 2230 g/mol. The number of ether oxygens (including phenoxy) is 13. The molecule has 16 aromatic rings. The Morgan fingerprint density at radius 2 is 0.621 bits per heavy atom. The summed E-state index contributed by atoms with van der Waals surface area (Å²) in [7, 11) is 13.2. The lowest BCUT2D eigenvalue weighted by Gasteiger charge is -2.23. The summed E-state index contributed by atoms with van der Waals surface area (Å²) in [6.07, 6.45) is 0.731. The number of primary amides is 1. The van der Waals surface area contributed by atoms with Crippen LogP contribution in [0.3, 0.4) is 0 Å². The van der Waals surface area contributed by atoms with Gasteiger partial charge in [0.2, 0.25) is 5.91 Å². The summed E-state index contributed by atoms with van der Waals surface area (Å²) in [5, 5.41) is 21.8. The number of aromatic nitrogens is 8. The van der Waals surface area contributed by atoms with Gasteiger partial charge in [-0.1, -0.05) is 207 Å². The van der Waals surface area contributed by atoms with E-state index in [1.165, 1.54) is 29.2 Å². The van der Waals surface area contributed by atoms with Gasteiger partial charge in [0.15, 0.2) is 11.5 Å². The van der Waals surface area contributed by atoms with Crippen LogP contribution in [0.4, 0.5) is 5.69 Å². The largest absolute Gasteiger partial charge is 0.494 e. The average Bonchev–Trinajstić information content (AvgIpc) is 1.66. The Labute approximate surface area is 879 Å². The third-order valence-corrected chi connectivity index (χ3v) is 27.9. The number of carbonyl (C=O) groups is 2. The van der Waals surface area contributed by atoms with Crippen LogP contribution in [0.2, 0.25) is 0 Å². The van der Waals surface area contributed by atoms with Gasteiger partial charge in [0.25, 0.3) is 5.91 Å². The smallest absolute Gasteiger partial charge is 0.252 e. The van der Waals surface area contributed by atoms with Crippen molar-refractivity contribution >= 4 is 125 Å². The number of anilines is 1. The van der Waals surface area contributed by atoms with Crippen LogP contribution in [-0.4, -0.2) is 158 Å². The number of rotatable bonds is 42. The number of amides is 2. The molecule has 0 aliphatic rings. The molecular formula is C114H126Br4N10O17. The summed E-state index contributed by atoms with van der Waals surface area (Å²) < 4.78 is 79.1. The maximum Gasteiger partial charge on any atom is 0.252 e. The van der Waals surface area contributed by atoms with Crippen LogP contribution >= 0.6 is 63.7 Å². The molecule has 4 unspecified atom stereocenters. The van der Waals surface area contributed by atoms with Crippen LogP contribution < -0.4 is 53.7 Å². The zero-order chi connectivity index (χ0) is 104. The van der Waals surface area contributed by atoms with E-state index in [0.717, 1.165) is 135 Å². The Balaban J connectivity index is 0.000000162. The second-order valence-corrected chi connectivity index (χ2v) is 38.8. The first-order valence-electron chi connectivity index (χ1n) is 47.9. The number of hydrogen-bond donors (Lipinski definition) is 8. The first-order chi connectivity index (χ1) is 70.1. The van der Waals surface area contributed by atoms with Gasteiger partial charge in [-0.3, -0.25) is 9.59 Å². The van der Waals surface area contributed by atoms with Crippen LogP contribution in [0.1, 0.15) is 197 Å². The summed E-state index contributed by atoms with van der Waals surface area (Å²) in [6.45, 7) is 20.8. The fourth-order valence-electron chi connectivity index (χ4n) is 16.6. The predicted molar refractivity (Wildman–Crippen MR) is 586 cm³/mol. The third kappa shape index (κ3) is 27.0. The van der Waals surface area contributed by atoms with E-state index in [-0.39, 0.29) is 37.9 Å². The maximum atomic E-state index is 12.0. The van der Waals surface area contributed by atoms with Gasteiger partial charge in [-0.15, -0.1) is 0 Å². The second kappa shape index (κ2) is 52.4. The number of carbonyl (C=O) groups excluding carboxylic acids is 2. The third-order valence-electron chi connectivity index (χ3n) is 24.6. The number of aliphatic hydroxyl groups is 2. The van der Waals surface area contributed by atoms with E-state index in [2.05, 4.69) is 241 Å². The van der Waals surface area contributed by atoms with Crippen molar-refractivity contribution in [3.05, 3.63) is 292 Å². The van der Waals surface area contributed by atoms with E-state index in [4.69, 9.17) is 87.2 Å². The topological polar surface area (TPSA) is 347 Å². The Bertz CT molecular complexity index is 7010. The van der Waals surface area contributed by atoms with Crippen LogP contribution in [-0.2, 0) is 30.3 Å². The highest BCUT2D eigenvalue weighted by atomic mass is 79.9. The van der Waals surface area contributed by atoms with Crippen LogP contribution in [0, 0.1) is 0 Å². The summed E-state index contributed by atoms with van der Waals surface area (Å²) in [4.78, 5) is 57.1. The Hall–Kier alpha value is -12.7. The van der Waals surface area contributed by atoms with E-state index >= 15 is 0 Å². The van der Waals surface area contributed by atoms with Gasteiger partial charge < -0.3 is 103 Å². The molecule has 0 aliphatic heterocycles. The molecule has 0 aliphatic carbocycles. The number of halogens is 4. The summed E-state index contributed by atoms with van der Waals surface area (Å²) >= 11 is 15.2. The number of para-hydroxylation sites is 6. The number of imidazole rings is 4. The van der Waals surface area contributed by atoms with E-state index < -0.39 is 18.1 Å². The van der Waals surface area contributed by atoms with Crippen molar-refractivity contribution in [3.8, 4) is 97.3 Å². The van der Waals surface area contributed by atoms with Crippen LogP contribution in [0.15, 0.2) is 236 Å². The van der Waals surface area contributed by atoms with Crippen molar-refractivity contribution in [2.24, 2.45) is 5.73 Å². The summed E-state index contributed by atoms with van der Waals surface area (Å²) in [5.74, 6) is 9.55. The lowest BCUT2D eigenvalue weighted by Crippen LogP contribution is -2.16. The van der Waals surface area contributed by atoms with E-state index in [1.807, 2.05) is 97.1 Å². The molecule has 0 bridgehead atoms. The highest BCUT2D eigenvalue weighted by molar-refractivity contribution is 9.11. The normalized spacial score (nSPS) is 12.2. The number of benzene rings is 12. The van der Waals surface area contributed by atoms with Gasteiger partial charge in [0, 0.05) is 111 Å². The van der Waals surface area contributed by atoms with Crippen molar-refractivity contribution < 1.29 is 81.4 Å². The van der Waals surface area contributed by atoms with Crippen molar-refractivity contribution in [3.63, 3.8) is 0 Å². The molecule has 4 heterocycles. The standard InChI is InChI=1S/C29H32BrN3O4.C29H33BrN2O5.C28H30BrN3O4.C28H31BrN2O4/c1-17(2)19-10-12-20(13-11-19)29-32-27-25(36-5)16-21(26(30)28(27)33-29)23(14-15-35-4)37-24-9-7-6-8-22(24)31-18(3)34;1-18(2)19-9-11-20(12-10-19)29-31-27-25(35-4)17-21(26(30)28(27)32-29)22(13-15-34-3)37-24-8-6-5-7-23(24)36-16-14-33;1-16(2)17-9-11-18(12-10-17)28-31-25-23(35-4)15-20(24(29)26(25)32-28)22(13-14-34-3)36-21-8-6-5-7-19(21)27(30)33;1-17(2)18-9-11-19(12-10-18)28-30-26-24(34-4)15-21(25(29)27(26)31-28)23(13-14-33-3)35-22-8-6-5-7-20(22)16-32/h6-13,16-17,23H,14-15H2,1-5H3,(H,31,34)(H,32,33);5-12,17-18,22,33H,13-16H2,1-4H3,(H,31,32);5-12,15-16,22H,13-14H2,1-4H3,(H2,30,33)(H,31,32);5-12,15,17,23,32H,13-14,16H2,1-4H3,(H,30,31). The molecule has 4 aromatic heterocycles. The number of methoxy groups -OCH3 is 8. The van der Waals surface area contributed by atoms with Gasteiger partial charge in [-0.25, -0.2) is 19.9 Å². The zero-order valence-electron chi connectivity index (χ0n) is 84.6. The van der Waals surface area contributed by atoms with Gasteiger partial charge >= 0.3 is 0 Å². The molecule has 2 amide bonds. The quantitative estimate of drug-likeness (QED) is 0.0176. The molecule has 145 heavy (non-hydrogen) atoms. The second-order valence-electron chi connectivity index (χ2n) is 35.6. The molecule has 31 heteroatoms. The van der Waals surface area contributed by atoms with Gasteiger partial charge in [0.05, 0.1) is 97.2 Å². The monoisotopic (exact) mass is 2220 g/mol. The first-order valence-corrected chi connectivity index (χ1v) is 51.1. The minimum absolute atomic E-state index is 0.0808. The summed E-state index contributed by atoms with van der Waals surface area (Å²) in [5.41, 5.74) is 26.0. The predicted octanol–water partition coefficient (Wildman–Crippen LogP) is 27.0. The lowest BCUT2D eigenvalue weighted by atomic mass is 10.0. The highest BCUT2D eigenvalue weighted by Gasteiger charge is 2.31. The highest BCUT2D eigenvalue weighted by Crippen LogP contribution is 2.48. The maximum absolute atomic E-state index is 12.0. The molecule has 0 saturated heterocycles. The minimum atomic E-state index is -0.552. The van der Waals surface area contributed by atoms with Gasteiger partial charge in [-0.05, 0) is 176 Å². The van der Waals surface area contributed by atoms with Crippen LogP contribution in [0.5, 0.6) is 51.7 Å². The molecule has 0 saturated carbocycles. The van der Waals surface area contributed by atoms with E-state index in [1.54, 1.807) is 81.1 Å². The SMILES string of the molecule is COCCC(Oc1ccccc1C(N)=O)c1cc(OC)c2[nH]c(-c3ccc(C(C)C)cc3)nc2c1Br.COCCC(Oc1ccccc1CO)c1cc(OC)c2[nH]c(-c3ccc(C(C)C)cc3)nc2c1Br.COCCC(Oc1ccccc1NC(C)=O)c1cc(OC)c2[nH]c(-c3ccc(C(C)C)cc3)nc2c1Br.COCCC(Oc1ccccc1OCCO)c1cc(OC)c2[nH]c(-c3ccc(C(C)C)cc3)nc2c1Br. The minimum Gasteiger partial charge on any atom is -0.494 e. The molecule has 16 rings (SSSR count). The van der Waals surface area contributed by atoms with Crippen molar-refractivity contribution in [1.82, 2.24) is 39.9 Å². The number of hydrogen-bond acceptors (Lipinski definition) is 21. The number of nitrogens with zero attached hydrogens (tertiary/aromatic N) is 4. The van der Waals surface area contributed by atoms with Crippen molar-refractivity contribution in [1.29, 1.82) is 0 Å². The van der Waals surface area contributed by atoms with E-state index in [0.29, 0.717) is 139 Å². The molecule has 27 nitrogen and oxygen atoms in total. The molecule has 12 aromatic carbocycles. The number of aliphatic hydroxyl groups excluding tert-OH is 2. The van der Waals surface area contributed by atoms with E-state index in [9.17, 15) is 19.8 Å². The molecule has 762 valence electrons. The number of H-pyrrole nitrogens is 4. The van der Waals surface area contributed by atoms with Crippen molar-refractivity contribution in [2.45, 2.75) is 143 Å². The molecule has 0 radical (unpaired) electrons. The number of nitrogens with two attached hydrogens (primary N) is 1. The fraction of sp³-hybridized carbons (Fsp3) is 0.316. The Morgan fingerprint density at radius 3 is 0.917 bits per heavy atom. The van der Waals surface area contributed by atoms with Crippen LogP contribution in [0.25, 0.3) is 89.7 Å². The van der Waals surface area contributed by atoms with Gasteiger partial charge in [-0.2, -0.15) is 0 Å². The fourth-order valence-corrected chi connectivity index (χ4v) is 19.2. The first kappa shape index (κ1) is 110. The number of nitrogens with one attached hydrogen (secondary N) is 5. The molecule has 4 atom stereocenters. The van der Waals surface area contributed by atoms with Crippen molar-refractivity contribution in [2.75, 3.05) is 102 Å². The molecular weight excluding hydrogens is 2100 g/mol. The molecule has 0 fully saturated rings. The molecule has 0 spiro atoms.